The molecule has 0 unspecified atom stereocenters. The largest absolute Gasteiger partial charge is 0.456 e. The van der Waals surface area contributed by atoms with Crippen molar-refractivity contribution in [1.82, 2.24) is 0 Å². The number of hydrogen-bond acceptors (Lipinski definition) is 3. The number of benzene rings is 9. The molecule has 11 rings (SSSR count). The number of hydrogen-bond donors (Lipinski definition) is 0. The third-order valence-corrected chi connectivity index (χ3v) is 10.8. The molecule has 258 valence electrons. The number of nitrogens with zero attached hydrogens (tertiary/aromatic N) is 1. The predicted molar refractivity (Wildman–Crippen MR) is 229 cm³/mol. The van der Waals surface area contributed by atoms with Gasteiger partial charge in [0.05, 0.1) is 0 Å². The average molecular weight is 704 g/mol. The van der Waals surface area contributed by atoms with Crippen LogP contribution in [-0.4, -0.2) is 0 Å². The number of para-hydroxylation sites is 2. The SMILES string of the molecule is c1cc(-c2ccc(N(c3ccc4c(c3)oc3ccccc34)c3ccc4oc5ccccc5c4c3)cc2)cc(-c2cccc(-c3ccc4ccccc4c3)c2)c1. The minimum Gasteiger partial charge on any atom is -0.456 e. The Hall–Kier alpha value is -7.36. The summed E-state index contributed by atoms with van der Waals surface area (Å²) in [7, 11) is 0. The van der Waals surface area contributed by atoms with E-state index < -0.39 is 0 Å². The van der Waals surface area contributed by atoms with E-state index in [0.717, 1.165) is 66.5 Å². The van der Waals surface area contributed by atoms with E-state index in [-0.39, 0.29) is 0 Å². The molecule has 11 aromatic rings. The van der Waals surface area contributed by atoms with Gasteiger partial charge in [0.2, 0.25) is 0 Å². The van der Waals surface area contributed by atoms with Gasteiger partial charge in [-0.2, -0.15) is 0 Å². The molecule has 0 N–H and O–H groups in total. The van der Waals surface area contributed by atoms with Gasteiger partial charge in [-0.1, -0.05) is 121 Å². The van der Waals surface area contributed by atoms with Crippen molar-refractivity contribution in [2.24, 2.45) is 0 Å². The van der Waals surface area contributed by atoms with E-state index >= 15 is 0 Å². The van der Waals surface area contributed by atoms with Crippen LogP contribution in [0, 0.1) is 0 Å². The molecular weight excluding hydrogens is 671 g/mol. The lowest BCUT2D eigenvalue weighted by Gasteiger charge is -2.26. The van der Waals surface area contributed by atoms with Gasteiger partial charge in [0.1, 0.15) is 22.3 Å². The van der Waals surface area contributed by atoms with Crippen molar-refractivity contribution in [3.8, 4) is 33.4 Å². The first-order valence-electron chi connectivity index (χ1n) is 18.6. The number of rotatable bonds is 6. The van der Waals surface area contributed by atoms with Crippen LogP contribution in [0.3, 0.4) is 0 Å². The summed E-state index contributed by atoms with van der Waals surface area (Å²) in [6.07, 6.45) is 0. The Kier molecular flexibility index (Phi) is 7.17. The van der Waals surface area contributed by atoms with Crippen LogP contribution in [0.4, 0.5) is 17.1 Å². The molecular formula is C52H33NO2. The van der Waals surface area contributed by atoms with Gasteiger partial charge in [0.25, 0.3) is 0 Å². The zero-order chi connectivity index (χ0) is 36.3. The molecule has 0 bridgehead atoms. The smallest absolute Gasteiger partial charge is 0.137 e. The minimum atomic E-state index is 0.858. The summed E-state index contributed by atoms with van der Waals surface area (Å²) in [5.41, 5.74) is 13.7. The quantitative estimate of drug-likeness (QED) is 0.173. The molecule has 0 radical (unpaired) electrons. The lowest BCUT2D eigenvalue weighted by molar-refractivity contribution is 0.668. The van der Waals surface area contributed by atoms with Crippen LogP contribution in [-0.2, 0) is 0 Å². The Morgan fingerprint density at radius 2 is 0.745 bits per heavy atom. The third kappa shape index (κ3) is 5.45. The standard InChI is InChI=1S/C52H33NO2/c1-2-10-36-30-41(20-19-34(36)9-1)40-14-8-13-39(31-40)38-12-7-11-37(29-38)35-21-23-42(24-22-35)53(43-26-28-51-48(32-43)46-16-4-6-18-50(46)54-51)44-25-27-47-45-15-3-5-17-49(45)55-52(47)33-44/h1-33H. The number of anilines is 3. The van der Waals surface area contributed by atoms with Crippen molar-refractivity contribution in [2.45, 2.75) is 0 Å². The second-order valence-electron chi connectivity index (χ2n) is 14.2. The highest BCUT2D eigenvalue weighted by Crippen LogP contribution is 2.42. The van der Waals surface area contributed by atoms with Gasteiger partial charge in [0, 0.05) is 44.7 Å². The zero-order valence-corrected chi connectivity index (χ0v) is 29.8. The minimum absolute atomic E-state index is 0.858. The molecule has 0 fully saturated rings. The summed E-state index contributed by atoms with van der Waals surface area (Å²) < 4.78 is 12.6. The summed E-state index contributed by atoms with van der Waals surface area (Å²) in [4.78, 5) is 2.30. The molecule has 3 nitrogen and oxygen atoms in total. The van der Waals surface area contributed by atoms with Gasteiger partial charge in [-0.05, 0) is 117 Å². The van der Waals surface area contributed by atoms with Crippen molar-refractivity contribution in [3.63, 3.8) is 0 Å². The Labute approximate surface area is 317 Å². The molecule has 0 saturated heterocycles. The molecule has 0 aliphatic carbocycles. The lowest BCUT2D eigenvalue weighted by Crippen LogP contribution is -2.09. The average Bonchev–Trinajstić information content (AvgIpc) is 3.82. The highest BCUT2D eigenvalue weighted by molar-refractivity contribution is 6.08. The Balaban J connectivity index is 0.974. The molecule has 0 spiro atoms. The fourth-order valence-corrected chi connectivity index (χ4v) is 8.08. The summed E-state index contributed by atoms with van der Waals surface area (Å²) in [5, 5.41) is 6.91. The fraction of sp³-hybridized carbons (Fsp3) is 0. The van der Waals surface area contributed by atoms with Crippen LogP contribution in [0.5, 0.6) is 0 Å². The van der Waals surface area contributed by atoms with E-state index in [2.05, 4.69) is 181 Å². The van der Waals surface area contributed by atoms with Crippen LogP contribution in [0.15, 0.2) is 209 Å². The molecule has 0 aliphatic heterocycles. The highest BCUT2D eigenvalue weighted by atomic mass is 16.3. The van der Waals surface area contributed by atoms with Crippen molar-refractivity contribution >= 4 is 71.7 Å². The highest BCUT2D eigenvalue weighted by Gasteiger charge is 2.18. The molecule has 3 heteroatoms. The summed E-state index contributed by atoms with van der Waals surface area (Å²) >= 11 is 0. The van der Waals surface area contributed by atoms with E-state index in [1.54, 1.807) is 0 Å². The first-order valence-corrected chi connectivity index (χ1v) is 18.6. The fourth-order valence-electron chi connectivity index (χ4n) is 8.08. The van der Waals surface area contributed by atoms with Gasteiger partial charge in [0.15, 0.2) is 0 Å². The normalized spacial score (nSPS) is 11.6. The Morgan fingerprint density at radius 3 is 1.47 bits per heavy atom. The molecule has 0 aliphatic rings. The van der Waals surface area contributed by atoms with E-state index in [4.69, 9.17) is 8.83 Å². The van der Waals surface area contributed by atoms with E-state index in [9.17, 15) is 0 Å². The predicted octanol–water partition coefficient (Wildman–Crippen LogP) is 15.1. The monoisotopic (exact) mass is 703 g/mol. The topological polar surface area (TPSA) is 29.5 Å². The number of fused-ring (bicyclic) bond motifs is 7. The molecule has 0 amide bonds. The summed E-state index contributed by atoms with van der Waals surface area (Å²) in [6, 6.07) is 71.2. The van der Waals surface area contributed by atoms with E-state index in [1.165, 1.54) is 38.6 Å². The molecule has 0 atom stereocenters. The van der Waals surface area contributed by atoms with Crippen LogP contribution >= 0.6 is 0 Å². The first-order chi connectivity index (χ1) is 27.2. The molecule has 9 aromatic carbocycles. The van der Waals surface area contributed by atoms with Gasteiger partial charge in [-0.25, -0.2) is 0 Å². The van der Waals surface area contributed by atoms with Crippen molar-refractivity contribution in [3.05, 3.63) is 200 Å². The summed E-state index contributed by atoms with van der Waals surface area (Å²) in [6.45, 7) is 0. The van der Waals surface area contributed by atoms with Gasteiger partial charge in [-0.3, -0.25) is 0 Å². The Bertz CT molecular complexity index is 3220. The summed E-state index contributed by atoms with van der Waals surface area (Å²) in [5.74, 6) is 0. The maximum atomic E-state index is 6.36. The zero-order valence-electron chi connectivity index (χ0n) is 29.8. The van der Waals surface area contributed by atoms with Gasteiger partial charge in [-0.15, -0.1) is 0 Å². The van der Waals surface area contributed by atoms with Gasteiger partial charge < -0.3 is 13.7 Å². The van der Waals surface area contributed by atoms with Crippen LogP contribution in [0.2, 0.25) is 0 Å². The van der Waals surface area contributed by atoms with Crippen LogP contribution in [0.1, 0.15) is 0 Å². The third-order valence-electron chi connectivity index (χ3n) is 10.8. The second-order valence-corrected chi connectivity index (χ2v) is 14.2. The van der Waals surface area contributed by atoms with Gasteiger partial charge >= 0.3 is 0 Å². The maximum absolute atomic E-state index is 6.36. The van der Waals surface area contributed by atoms with Crippen molar-refractivity contribution in [2.75, 3.05) is 4.90 Å². The van der Waals surface area contributed by atoms with Crippen LogP contribution < -0.4 is 4.90 Å². The van der Waals surface area contributed by atoms with E-state index in [1.807, 2.05) is 24.3 Å². The molecule has 2 heterocycles. The molecule has 2 aromatic heterocycles. The Morgan fingerprint density at radius 1 is 0.255 bits per heavy atom. The van der Waals surface area contributed by atoms with E-state index in [0.29, 0.717) is 0 Å². The van der Waals surface area contributed by atoms with Crippen molar-refractivity contribution < 1.29 is 8.83 Å². The first kappa shape index (κ1) is 31.2. The van der Waals surface area contributed by atoms with Crippen LogP contribution in [0.25, 0.3) is 88.0 Å². The molecule has 0 saturated carbocycles. The van der Waals surface area contributed by atoms with Crippen molar-refractivity contribution in [1.29, 1.82) is 0 Å². The maximum Gasteiger partial charge on any atom is 0.137 e. The number of furan rings is 2. The molecule has 55 heavy (non-hydrogen) atoms. The lowest BCUT2D eigenvalue weighted by atomic mass is 9.95. The second kappa shape index (κ2) is 12.6.